The minimum Gasteiger partial charge on any atom is -0.484 e. The molecule has 2 amide bonds. The summed E-state index contributed by atoms with van der Waals surface area (Å²) in [5.41, 5.74) is 1.31. The molecule has 0 spiro atoms. The molecule has 0 atom stereocenters. The molecule has 3 aliphatic carbocycles. The van der Waals surface area contributed by atoms with Crippen molar-refractivity contribution in [3.63, 3.8) is 0 Å². The molecule has 0 aromatic heterocycles. The average molecular weight is 433 g/mol. The van der Waals surface area contributed by atoms with Gasteiger partial charge >= 0.3 is 0 Å². The second kappa shape index (κ2) is 7.54. The Bertz CT molecular complexity index is 939. The zero-order valence-electron chi connectivity index (χ0n) is 16.1. The normalized spacial score (nSPS) is 24.1. The maximum absolute atomic E-state index is 12.5. The van der Waals surface area contributed by atoms with Gasteiger partial charge in [-0.15, -0.1) is 0 Å². The van der Waals surface area contributed by atoms with E-state index in [4.69, 9.17) is 27.9 Å². The molecule has 5 nitrogen and oxygen atoms in total. The van der Waals surface area contributed by atoms with Crippen LogP contribution in [0.2, 0.25) is 10.0 Å². The third-order valence-electron chi connectivity index (χ3n) is 5.78. The molecule has 2 bridgehead atoms. The fourth-order valence-electron chi connectivity index (χ4n) is 4.32. The van der Waals surface area contributed by atoms with Crippen molar-refractivity contribution in [2.24, 2.45) is 5.41 Å². The van der Waals surface area contributed by atoms with Gasteiger partial charge in [0.05, 0.1) is 5.41 Å². The zero-order valence-corrected chi connectivity index (χ0v) is 17.6. The monoisotopic (exact) mass is 432 g/mol. The van der Waals surface area contributed by atoms with Gasteiger partial charge in [0.2, 0.25) is 5.91 Å². The zero-order chi connectivity index (χ0) is 20.6. The summed E-state index contributed by atoms with van der Waals surface area (Å²) in [7, 11) is 0. The lowest BCUT2D eigenvalue weighted by Crippen LogP contribution is -2.78. The fourth-order valence-corrected chi connectivity index (χ4v) is 4.56. The number of ether oxygens (including phenoxy) is 1. The molecule has 0 saturated heterocycles. The Labute approximate surface area is 179 Å². The number of carbonyl (C=O) groups is 2. The second-order valence-corrected chi connectivity index (χ2v) is 8.99. The minimum absolute atomic E-state index is 0.0523. The summed E-state index contributed by atoms with van der Waals surface area (Å²) in [6, 6.07) is 12.7. The quantitative estimate of drug-likeness (QED) is 0.693. The van der Waals surface area contributed by atoms with Gasteiger partial charge in [0.1, 0.15) is 5.75 Å². The van der Waals surface area contributed by atoms with E-state index in [-0.39, 0.29) is 29.4 Å². The summed E-state index contributed by atoms with van der Waals surface area (Å²) in [5, 5.41) is 7.36. The lowest BCUT2D eigenvalue weighted by atomic mass is 9.39. The Balaban J connectivity index is 1.21. The number of hydrogen-bond acceptors (Lipinski definition) is 3. The van der Waals surface area contributed by atoms with Crippen molar-refractivity contribution in [1.29, 1.82) is 0 Å². The van der Waals surface area contributed by atoms with Crippen LogP contribution in [0.15, 0.2) is 42.5 Å². The molecule has 0 unspecified atom stereocenters. The molecule has 2 aromatic rings. The van der Waals surface area contributed by atoms with Crippen molar-refractivity contribution < 1.29 is 14.3 Å². The molecule has 152 valence electrons. The van der Waals surface area contributed by atoms with Crippen LogP contribution >= 0.6 is 23.2 Å². The number of aryl methyl sites for hydroxylation is 1. The molecule has 2 aromatic carbocycles. The molecule has 0 radical (unpaired) electrons. The minimum atomic E-state index is -0.339. The van der Waals surface area contributed by atoms with Gasteiger partial charge in [-0.25, -0.2) is 0 Å². The van der Waals surface area contributed by atoms with Gasteiger partial charge in [0.25, 0.3) is 5.91 Å². The van der Waals surface area contributed by atoms with E-state index in [0.717, 1.165) is 11.1 Å². The molecule has 29 heavy (non-hydrogen) atoms. The predicted octanol–water partition coefficient (Wildman–Crippen LogP) is 4.04. The van der Waals surface area contributed by atoms with Crippen molar-refractivity contribution in [2.45, 2.75) is 38.3 Å². The summed E-state index contributed by atoms with van der Waals surface area (Å²) in [5.74, 6) is 0.488. The van der Waals surface area contributed by atoms with E-state index in [9.17, 15) is 9.59 Å². The van der Waals surface area contributed by atoms with E-state index in [0.29, 0.717) is 41.6 Å². The van der Waals surface area contributed by atoms with E-state index < -0.39 is 0 Å². The van der Waals surface area contributed by atoms with Crippen molar-refractivity contribution in [3.05, 3.63) is 63.6 Å². The molecular weight excluding hydrogens is 411 g/mol. The molecular formula is C22H22Cl2N2O3. The molecule has 7 heteroatoms. The van der Waals surface area contributed by atoms with Crippen molar-refractivity contribution in [2.75, 3.05) is 6.61 Å². The Kier molecular flexibility index (Phi) is 5.21. The van der Waals surface area contributed by atoms with Gasteiger partial charge in [-0.2, -0.15) is 0 Å². The van der Waals surface area contributed by atoms with Gasteiger partial charge in [0.15, 0.2) is 6.61 Å². The number of halogens is 2. The lowest BCUT2D eigenvalue weighted by Gasteiger charge is -2.69. The van der Waals surface area contributed by atoms with Crippen LogP contribution in [-0.4, -0.2) is 24.0 Å². The van der Waals surface area contributed by atoms with Gasteiger partial charge in [-0.1, -0.05) is 35.3 Å². The first-order valence-corrected chi connectivity index (χ1v) is 10.3. The molecule has 3 fully saturated rings. The van der Waals surface area contributed by atoms with Crippen LogP contribution in [0.4, 0.5) is 0 Å². The van der Waals surface area contributed by atoms with Crippen LogP contribution < -0.4 is 15.4 Å². The maximum atomic E-state index is 12.5. The Morgan fingerprint density at radius 2 is 1.76 bits per heavy atom. The molecule has 3 saturated carbocycles. The number of nitrogens with one attached hydrogen (secondary N) is 2. The fraction of sp³-hybridized carbons (Fsp3) is 0.364. The van der Waals surface area contributed by atoms with E-state index in [2.05, 4.69) is 10.6 Å². The van der Waals surface area contributed by atoms with Crippen LogP contribution in [0.25, 0.3) is 0 Å². The highest BCUT2D eigenvalue weighted by molar-refractivity contribution is 6.31. The summed E-state index contributed by atoms with van der Waals surface area (Å²) < 4.78 is 5.54. The summed E-state index contributed by atoms with van der Waals surface area (Å²) >= 11 is 11.9. The van der Waals surface area contributed by atoms with Gasteiger partial charge < -0.3 is 15.4 Å². The standard InChI is InChI=1S/C22H22Cl2N2O3/c1-14-8-17(6-7-18(14)24)29-10-19(27)26-22-11-21(12-22,13-22)20(28)25-9-15-2-4-16(23)5-3-15/h2-8H,9-13H2,1H3,(H,25,28)(H,26,27). The maximum Gasteiger partial charge on any atom is 0.258 e. The van der Waals surface area contributed by atoms with Gasteiger partial charge in [-0.05, 0) is 67.6 Å². The summed E-state index contributed by atoms with van der Waals surface area (Å²) in [4.78, 5) is 24.8. The first-order valence-electron chi connectivity index (χ1n) is 9.52. The van der Waals surface area contributed by atoms with E-state index in [1.54, 1.807) is 18.2 Å². The number of amides is 2. The Morgan fingerprint density at radius 1 is 1.07 bits per heavy atom. The van der Waals surface area contributed by atoms with Crippen molar-refractivity contribution in [1.82, 2.24) is 10.6 Å². The number of benzene rings is 2. The van der Waals surface area contributed by atoms with Crippen LogP contribution in [0.3, 0.4) is 0 Å². The number of hydrogen-bond donors (Lipinski definition) is 2. The molecule has 3 aliphatic rings. The second-order valence-electron chi connectivity index (χ2n) is 8.15. The van der Waals surface area contributed by atoms with Crippen LogP contribution in [0.1, 0.15) is 30.4 Å². The molecule has 0 heterocycles. The van der Waals surface area contributed by atoms with E-state index >= 15 is 0 Å². The number of carbonyl (C=O) groups excluding carboxylic acids is 2. The van der Waals surface area contributed by atoms with Gasteiger partial charge in [0, 0.05) is 22.1 Å². The highest BCUT2D eigenvalue weighted by Crippen LogP contribution is 2.67. The Morgan fingerprint density at radius 3 is 2.41 bits per heavy atom. The summed E-state index contributed by atoms with van der Waals surface area (Å²) in [6.45, 7) is 2.30. The predicted molar refractivity (Wildman–Crippen MR) is 112 cm³/mol. The van der Waals surface area contributed by atoms with Crippen LogP contribution in [0.5, 0.6) is 5.75 Å². The average Bonchev–Trinajstić information content (AvgIpc) is 2.63. The summed E-state index contributed by atoms with van der Waals surface area (Å²) in [6.07, 6.45) is 2.04. The third-order valence-corrected chi connectivity index (χ3v) is 6.46. The van der Waals surface area contributed by atoms with Crippen LogP contribution in [-0.2, 0) is 16.1 Å². The molecule has 0 aliphatic heterocycles. The first-order chi connectivity index (χ1) is 13.8. The highest BCUT2D eigenvalue weighted by atomic mass is 35.5. The molecule has 2 N–H and O–H groups in total. The SMILES string of the molecule is Cc1cc(OCC(=O)NC23CC(C(=O)NCc4ccc(Cl)cc4)(C2)C3)ccc1Cl. The van der Waals surface area contributed by atoms with Crippen LogP contribution in [0, 0.1) is 12.3 Å². The lowest BCUT2D eigenvalue weighted by molar-refractivity contribution is -0.184. The van der Waals surface area contributed by atoms with Crippen molar-refractivity contribution in [3.8, 4) is 5.75 Å². The van der Waals surface area contributed by atoms with Crippen molar-refractivity contribution >= 4 is 35.0 Å². The topological polar surface area (TPSA) is 67.4 Å². The number of rotatable bonds is 7. The Hall–Kier alpha value is -2.24. The van der Waals surface area contributed by atoms with Gasteiger partial charge in [-0.3, -0.25) is 9.59 Å². The smallest absolute Gasteiger partial charge is 0.258 e. The highest BCUT2D eigenvalue weighted by Gasteiger charge is 2.72. The van der Waals surface area contributed by atoms with E-state index in [1.165, 1.54) is 0 Å². The largest absolute Gasteiger partial charge is 0.484 e. The molecule has 5 rings (SSSR count). The van der Waals surface area contributed by atoms with E-state index in [1.807, 2.05) is 31.2 Å². The third kappa shape index (κ3) is 4.07. The first kappa shape index (κ1) is 20.0.